The Hall–Kier alpha value is -1.54. The summed E-state index contributed by atoms with van der Waals surface area (Å²) in [7, 11) is 0. The van der Waals surface area contributed by atoms with Crippen molar-refractivity contribution in [2.24, 2.45) is 0 Å². The maximum Gasteiger partial charge on any atom is 0.168 e. The van der Waals surface area contributed by atoms with E-state index in [0.717, 1.165) is 17.2 Å². The minimum atomic E-state index is 0.512. The summed E-state index contributed by atoms with van der Waals surface area (Å²) in [5.41, 5.74) is 1.47. The molecule has 2 nitrogen and oxygen atoms in total. The Kier molecular flexibility index (Phi) is 2.60. The first-order chi connectivity index (χ1) is 7.29. The predicted octanol–water partition coefficient (Wildman–Crippen LogP) is 3.29. The van der Waals surface area contributed by atoms with Crippen LogP contribution in [0, 0.1) is 0 Å². The molecule has 0 bridgehead atoms. The fourth-order valence-electron chi connectivity index (χ4n) is 1.72. The second-order valence-electron chi connectivity index (χ2n) is 3.23. The van der Waals surface area contributed by atoms with Crippen LogP contribution < -0.4 is 0 Å². The summed E-state index contributed by atoms with van der Waals surface area (Å²) in [6.07, 6.45) is 2.53. The molecule has 0 aliphatic heterocycles. The topological polar surface area (TPSA) is 22.0 Å². The molecule has 3 heteroatoms. The first-order valence-corrected chi connectivity index (χ1v) is 5.00. The molecule has 0 spiro atoms. The van der Waals surface area contributed by atoms with E-state index in [4.69, 9.17) is 11.6 Å². The van der Waals surface area contributed by atoms with Gasteiger partial charge in [-0.2, -0.15) is 0 Å². The average Bonchev–Trinajstić information content (AvgIpc) is 2.54. The van der Waals surface area contributed by atoms with Crippen molar-refractivity contribution in [3.63, 3.8) is 0 Å². The minimum absolute atomic E-state index is 0.512. The van der Waals surface area contributed by atoms with Gasteiger partial charge in [0.1, 0.15) is 5.69 Å². The first kappa shape index (κ1) is 9.99. The summed E-state index contributed by atoms with van der Waals surface area (Å²) in [6, 6.07) is 7.68. The molecule has 76 valence electrons. The van der Waals surface area contributed by atoms with Crippen LogP contribution in [0.1, 0.15) is 10.5 Å². The van der Waals surface area contributed by atoms with Crippen LogP contribution in [0.25, 0.3) is 10.9 Å². The Morgan fingerprint density at radius 2 is 2.13 bits per heavy atom. The number of allylic oxidation sites excluding steroid dienone is 1. The van der Waals surface area contributed by atoms with Crippen molar-refractivity contribution in [2.75, 3.05) is 0 Å². The number of nitrogens with zero attached hydrogens (tertiary/aromatic N) is 1. The summed E-state index contributed by atoms with van der Waals surface area (Å²) >= 11 is 6.11. The molecule has 0 fully saturated rings. The van der Waals surface area contributed by atoms with E-state index in [1.165, 1.54) is 0 Å². The minimum Gasteiger partial charge on any atom is -0.333 e. The largest absolute Gasteiger partial charge is 0.333 e. The lowest BCUT2D eigenvalue weighted by atomic mass is 10.2. The van der Waals surface area contributed by atoms with Crippen LogP contribution in [-0.2, 0) is 6.54 Å². The van der Waals surface area contributed by atoms with Gasteiger partial charge in [0.15, 0.2) is 6.29 Å². The number of benzene rings is 1. The van der Waals surface area contributed by atoms with Crippen molar-refractivity contribution in [2.45, 2.75) is 6.54 Å². The van der Waals surface area contributed by atoms with Gasteiger partial charge >= 0.3 is 0 Å². The van der Waals surface area contributed by atoms with Crippen molar-refractivity contribution in [3.05, 3.63) is 47.6 Å². The number of hydrogen-bond donors (Lipinski definition) is 0. The number of aromatic nitrogens is 1. The SMILES string of the molecule is C=CCn1c(C=O)c(Cl)c2ccccc21. The predicted molar refractivity (Wildman–Crippen MR) is 62.5 cm³/mol. The normalized spacial score (nSPS) is 10.5. The Labute approximate surface area is 92.8 Å². The molecule has 0 atom stereocenters. The molecule has 0 N–H and O–H groups in total. The Balaban J connectivity index is 2.84. The lowest BCUT2D eigenvalue weighted by Crippen LogP contribution is -1.99. The van der Waals surface area contributed by atoms with Gasteiger partial charge in [-0.15, -0.1) is 6.58 Å². The Morgan fingerprint density at radius 1 is 1.40 bits per heavy atom. The van der Waals surface area contributed by atoms with Crippen LogP contribution in [-0.4, -0.2) is 10.9 Å². The highest BCUT2D eigenvalue weighted by Crippen LogP contribution is 2.29. The van der Waals surface area contributed by atoms with Gasteiger partial charge in [-0.3, -0.25) is 4.79 Å². The number of aldehydes is 1. The van der Waals surface area contributed by atoms with E-state index in [1.54, 1.807) is 6.08 Å². The monoisotopic (exact) mass is 219 g/mol. The number of carbonyl (C=O) groups is 1. The molecule has 0 aliphatic carbocycles. The van der Waals surface area contributed by atoms with Gasteiger partial charge in [0.2, 0.25) is 0 Å². The smallest absolute Gasteiger partial charge is 0.168 e. The molecule has 1 heterocycles. The van der Waals surface area contributed by atoms with E-state index in [0.29, 0.717) is 17.3 Å². The van der Waals surface area contributed by atoms with E-state index < -0.39 is 0 Å². The number of fused-ring (bicyclic) bond motifs is 1. The third kappa shape index (κ3) is 1.47. The van der Waals surface area contributed by atoms with E-state index in [-0.39, 0.29) is 0 Å². The highest BCUT2D eigenvalue weighted by atomic mass is 35.5. The maximum atomic E-state index is 11.0. The molecule has 0 unspecified atom stereocenters. The van der Waals surface area contributed by atoms with Crippen LogP contribution in [0.3, 0.4) is 0 Å². The van der Waals surface area contributed by atoms with Gasteiger partial charge in [0.05, 0.1) is 10.5 Å². The Morgan fingerprint density at radius 3 is 2.80 bits per heavy atom. The molecule has 2 rings (SSSR count). The molecule has 1 aromatic heterocycles. The van der Waals surface area contributed by atoms with Crippen molar-refractivity contribution in [3.8, 4) is 0 Å². The molecule has 0 radical (unpaired) electrons. The Bertz CT molecular complexity index is 528. The van der Waals surface area contributed by atoms with E-state index in [1.807, 2.05) is 28.8 Å². The van der Waals surface area contributed by atoms with Gasteiger partial charge in [0, 0.05) is 11.9 Å². The summed E-state index contributed by atoms with van der Waals surface area (Å²) in [5.74, 6) is 0. The van der Waals surface area contributed by atoms with Crippen LogP contribution in [0.4, 0.5) is 0 Å². The van der Waals surface area contributed by atoms with Crippen LogP contribution in [0.15, 0.2) is 36.9 Å². The molecule has 2 aromatic rings. The third-order valence-corrected chi connectivity index (χ3v) is 2.77. The standard InChI is InChI=1S/C12H10ClNO/c1-2-7-14-10-6-4-3-5-9(10)12(13)11(14)8-15/h2-6,8H,1,7H2. The molecular formula is C12H10ClNO. The van der Waals surface area contributed by atoms with Crippen molar-refractivity contribution in [1.29, 1.82) is 0 Å². The van der Waals surface area contributed by atoms with Crippen LogP contribution >= 0.6 is 11.6 Å². The number of halogens is 1. The summed E-state index contributed by atoms with van der Waals surface area (Å²) in [5, 5.41) is 1.42. The maximum absolute atomic E-state index is 11.0. The third-order valence-electron chi connectivity index (χ3n) is 2.37. The molecule has 0 saturated heterocycles. The highest BCUT2D eigenvalue weighted by Gasteiger charge is 2.13. The fraction of sp³-hybridized carbons (Fsp3) is 0.0833. The van der Waals surface area contributed by atoms with Gasteiger partial charge in [0.25, 0.3) is 0 Å². The van der Waals surface area contributed by atoms with E-state index in [9.17, 15) is 4.79 Å². The van der Waals surface area contributed by atoms with Crippen molar-refractivity contribution >= 4 is 28.8 Å². The number of para-hydroxylation sites is 1. The zero-order chi connectivity index (χ0) is 10.8. The number of carbonyl (C=O) groups excluding carboxylic acids is 1. The lowest BCUT2D eigenvalue weighted by molar-refractivity contribution is 0.111. The quantitative estimate of drug-likeness (QED) is 0.574. The zero-order valence-electron chi connectivity index (χ0n) is 8.11. The van der Waals surface area contributed by atoms with Crippen LogP contribution in [0.5, 0.6) is 0 Å². The first-order valence-electron chi connectivity index (χ1n) is 4.62. The molecule has 1 aromatic carbocycles. The van der Waals surface area contributed by atoms with Gasteiger partial charge < -0.3 is 4.57 Å². The number of rotatable bonds is 3. The van der Waals surface area contributed by atoms with Gasteiger partial charge in [-0.05, 0) is 6.07 Å². The summed E-state index contributed by atoms with van der Waals surface area (Å²) in [4.78, 5) is 11.0. The average molecular weight is 220 g/mol. The summed E-state index contributed by atoms with van der Waals surface area (Å²) in [6.45, 7) is 4.25. The fourth-order valence-corrected chi connectivity index (χ4v) is 2.03. The number of hydrogen-bond acceptors (Lipinski definition) is 1. The van der Waals surface area contributed by atoms with Crippen molar-refractivity contribution in [1.82, 2.24) is 4.57 Å². The second kappa shape index (κ2) is 3.91. The summed E-state index contributed by atoms with van der Waals surface area (Å²) < 4.78 is 1.86. The zero-order valence-corrected chi connectivity index (χ0v) is 8.87. The van der Waals surface area contributed by atoms with E-state index in [2.05, 4.69) is 6.58 Å². The molecule has 0 aliphatic rings. The molecule has 0 amide bonds. The van der Waals surface area contributed by atoms with Gasteiger partial charge in [-0.1, -0.05) is 35.9 Å². The molecule has 0 saturated carbocycles. The van der Waals surface area contributed by atoms with E-state index >= 15 is 0 Å². The van der Waals surface area contributed by atoms with Crippen LogP contribution in [0.2, 0.25) is 5.02 Å². The highest BCUT2D eigenvalue weighted by molar-refractivity contribution is 6.38. The molecular weight excluding hydrogens is 210 g/mol. The molecule has 15 heavy (non-hydrogen) atoms. The van der Waals surface area contributed by atoms with Crippen molar-refractivity contribution < 1.29 is 4.79 Å². The second-order valence-corrected chi connectivity index (χ2v) is 3.61. The lowest BCUT2D eigenvalue weighted by Gasteiger charge is -2.02. The van der Waals surface area contributed by atoms with Gasteiger partial charge in [-0.25, -0.2) is 0 Å².